The molecule has 0 bridgehead atoms. The lowest BCUT2D eigenvalue weighted by molar-refractivity contribution is -0.143. The summed E-state index contributed by atoms with van der Waals surface area (Å²) < 4.78 is 5.50. The van der Waals surface area contributed by atoms with E-state index in [-0.39, 0.29) is 25.0 Å². The van der Waals surface area contributed by atoms with Gasteiger partial charge in [0.05, 0.1) is 0 Å². The van der Waals surface area contributed by atoms with E-state index < -0.39 is 23.5 Å². The third-order valence-electron chi connectivity index (χ3n) is 5.99. The second-order valence-electron chi connectivity index (χ2n) is 8.66. The van der Waals surface area contributed by atoms with Gasteiger partial charge in [0.2, 0.25) is 5.91 Å². The Labute approximate surface area is 188 Å². The number of benzene rings is 2. The molecule has 7 heteroatoms. The van der Waals surface area contributed by atoms with Gasteiger partial charge in [0.25, 0.3) is 0 Å². The fourth-order valence-electron chi connectivity index (χ4n) is 3.93. The predicted octanol–water partition coefficient (Wildman–Crippen LogP) is 3.92. The van der Waals surface area contributed by atoms with Crippen molar-refractivity contribution in [3.63, 3.8) is 0 Å². The summed E-state index contributed by atoms with van der Waals surface area (Å²) in [5.41, 5.74) is 3.78. The van der Waals surface area contributed by atoms with E-state index in [1.807, 2.05) is 24.3 Å². The van der Waals surface area contributed by atoms with Crippen molar-refractivity contribution in [2.45, 2.75) is 45.6 Å². The molecule has 2 aromatic carbocycles. The maximum atomic E-state index is 12.4. The van der Waals surface area contributed by atoms with Gasteiger partial charge in [-0.3, -0.25) is 4.79 Å². The minimum absolute atomic E-state index is 0.0163. The first-order chi connectivity index (χ1) is 15.2. The van der Waals surface area contributed by atoms with Gasteiger partial charge in [-0.1, -0.05) is 69.3 Å². The van der Waals surface area contributed by atoms with Crippen LogP contribution in [0.25, 0.3) is 11.1 Å². The summed E-state index contributed by atoms with van der Waals surface area (Å²) in [6, 6.07) is 15.3. The summed E-state index contributed by atoms with van der Waals surface area (Å²) in [7, 11) is 0. The second kappa shape index (κ2) is 9.85. The first-order valence-corrected chi connectivity index (χ1v) is 10.9. The summed E-state index contributed by atoms with van der Waals surface area (Å²) >= 11 is 0. The van der Waals surface area contributed by atoms with E-state index in [4.69, 9.17) is 9.84 Å². The molecule has 3 N–H and O–H groups in total. The maximum absolute atomic E-state index is 12.4. The molecule has 0 spiro atoms. The van der Waals surface area contributed by atoms with Gasteiger partial charge in [0.1, 0.15) is 12.6 Å². The third-order valence-corrected chi connectivity index (χ3v) is 5.99. The molecule has 0 radical (unpaired) electrons. The quantitative estimate of drug-likeness (QED) is 0.550. The summed E-state index contributed by atoms with van der Waals surface area (Å²) in [4.78, 5) is 35.9. The van der Waals surface area contributed by atoms with Crippen LogP contribution in [0, 0.1) is 5.41 Å². The zero-order chi connectivity index (χ0) is 23.3. The lowest BCUT2D eigenvalue weighted by Crippen LogP contribution is -2.47. The van der Waals surface area contributed by atoms with E-state index in [1.54, 1.807) is 20.8 Å². The first kappa shape index (κ1) is 23.3. The molecule has 2 aromatic rings. The van der Waals surface area contributed by atoms with Gasteiger partial charge in [-0.05, 0) is 35.1 Å². The van der Waals surface area contributed by atoms with Crippen molar-refractivity contribution in [1.82, 2.24) is 10.6 Å². The Kier molecular flexibility index (Phi) is 7.18. The van der Waals surface area contributed by atoms with Crippen LogP contribution in [0.4, 0.5) is 4.79 Å². The highest BCUT2D eigenvalue weighted by atomic mass is 16.5. The van der Waals surface area contributed by atoms with Crippen LogP contribution in [0.2, 0.25) is 0 Å². The van der Waals surface area contributed by atoms with Crippen LogP contribution in [0.5, 0.6) is 0 Å². The van der Waals surface area contributed by atoms with Crippen LogP contribution in [0.1, 0.15) is 50.7 Å². The average Bonchev–Trinajstić information content (AvgIpc) is 3.09. The van der Waals surface area contributed by atoms with E-state index in [0.717, 1.165) is 22.3 Å². The van der Waals surface area contributed by atoms with Gasteiger partial charge in [-0.15, -0.1) is 0 Å². The van der Waals surface area contributed by atoms with E-state index in [9.17, 15) is 14.4 Å². The molecular weight excluding hydrogens is 408 g/mol. The summed E-state index contributed by atoms with van der Waals surface area (Å²) in [5.74, 6) is -1.44. The number of nitrogens with one attached hydrogen (secondary N) is 2. The topological polar surface area (TPSA) is 105 Å². The zero-order valence-electron chi connectivity index (χ0n) is 18.7. The second-order valence-corrected chi connectivity index (χ2v) is 8.66. The lowest BCUT2D eigenvalue weighted by Gasteiger charge is -2.25. The molecule has 0 heterocycles. The molecule has 170 valence electrons. The fourth-order valence-corrected chi connectivity index (χ4v) is 3.93. The number of amides is 2. The zero-order valence-corrected chi connectivity index (χ0v) is 18.7. The van der Waals surface area contributed by atoms with E-state index in [1.165, 1.54) is 0 Å². The Morgan fingerprint density at radius 2 is 1.59 bits per heavy atom. The van der Waals surface area contributed by atoms with Crippen molar-refractivity contribution >= 4 is 18.0 Å². The van der Waals surface area contributed by atoms with Gasteiger partial charge in [-0.2, -0.15) is 0 Å². The number of rotatable bonds is 9. The molecule has 0 saturated heterocycles. The van der Waals surface area contributed by atoms with Crippen molar-refractivity contribution in [2.75, 3.05) is 13.2 Å². The Hall–Kier alpha value is -3.35. The monoisotopic (exact) mass is 438 g/mol. The number of aliphatic carboxylic acids is 1. The number of hydrogen-bond acceptors (Lipinski definition) is 4. The van der Waals surface area contributed by atoms with Crippen molar-refractivity contribution in [3.8, 4) is 11.1 Å². The first-order valence-electron chi connectivity index (χ1n) is 10.9. The third kappa shape index (κ3) is 5.10. The molecule has 1 aliphatic carbocycles. The lowest BCUT2D eigenvalue weighted by atomic mass is 9.88. The molecule has 0 saturated carbocycles. The Balaban J connectivity index is 1.51. The number of carbonyl (C=O) groups excluding carboxylic acids is 2. The average molecular weight is 439 g/mol. The van der Waals surface area contributed by atoms with E-state index in [0.29, 0.717) is 12.8 Å². The highest BCUT2D eigenvalue weighted by Crippen LogP contribution is 2.44. The largest absolute Gasteiger partial charge is 0.480 e. The standard InChI is InChI=1S/C25H30N2O5/c1-4-21(22(28)29)27-23(30)25(2,3)13-14-26-24(31)32-15-20-18-11-7-5-9-16(18)17-10-6-8-12-19(17)20/h5-12,20-21H,4,13-15H2,1-3H3,(H,26,31)(H,27,30)(H,28,29). The van der Waals surface area contributed by atoms with Crippen molar-refractivity contribution in [3.05, 3.63) is 59.7 Å². The number of hydrogen-bond donors (Lipinski definition) is 3. The Morgan fingerprint density at radius 3 is 2.12 bits per heavy atom. The Morgan fingerprint density at radius 1 is 1.03 bits per heavy atom. The molecule has 0 fully saturated rings. The van der Waals surface area contributed by atoms with Crippen LogP contribution >= 0.6 is 0 Å². The molecular formula is C25H30N2O5. The number of fused-ring (bicyclic) bond motifs is 3. The fraction of sp³-hybridized carbons (Fsp3) is 0.400. The number of carboxylic acids is 1. The highest BCUT2D eigenvalue weighted by molar-refractivity contribution is 5.87. The molecule has 1 atom stereocenters. The Bertz CT molecular complexity index is 956. The van der Waals surface area contributed by atoms with Crippen molar-refractivity contribution in [1.29, 1.82) is 0 Å². The van der Waals surface area contributed by atoms with E-state index in [2.05, 4.69) is 34.9 Å². The van der Waals surface area contributed by atoms with Gasteiger partial charge >= 0.3 is 12.1 Å². The van der Waals surface area contributed by atoms with Gasteiger partial charge in [0, 0.05) is 17.9 Å². The molecule has 2 amide bonds. The molecule has 32 heavy (non-hydrogen) atoms. The highest BCUT2D eigenvalue weighted by Gasteiger charge is 2.31. The van der Waals surface area contributed by atoms with Gasteiger partial charge < -0.3 is 20.5 Å². The van der Waals surface area contributed by atoms with Crippen LogP contribution in [-0.2, 0) is 14.3 Å². The summed E-state index contributed by atoms with van der Waals surface area (Å²) in [5, 5.41) is 14.4. The molecule has 1 aliphatic rings. The van der Waals surface area contributed by atoms with Crippen LogP contribution in [-0.4, -0.2) is 42.3 Å². The minimum atomic E-state index is -1.06. The van der Waals surface area contributed by atoms with Crippen molar-refractivity contribution in [2.24, 2.45) is 5.41 Å². The van der Waals surface area contributed by atoms with Crippen LogP contribution in [0.15, 0.2) is 48.5 Å². The van der Waals surface area contributed by atoms with Gasteiger partial charge in [0.15, 0.2) is 0 Å². The molecule has 1 unspecified atom stereocenters. The normalized spacial score (nSPS) is 13.6. The number of carbonyl (C=O) groups is 3. The van der Waals surface area contributed by atoms with Crippen LogP contribution in [0.3, 0.4) is 0 Å². The van der Waals surface area contributed by atoms with Gasteiger partial charge in [-0.25, -0.2) is 9.59 Å². The van der Waals surface area contributed by atoms with Crippen molar-refractivity contribution < 1.29 is 24.2 Å². The SMILES string of the molecule is CCC(NC(=O)C(C)(C)CCNC(=O)OCC1c2ccccc2-c2ccccc21)C(=O)O. The summed E-state index contributed by atoms with van der Waals surface area (Å²) in [6.45, 7) is 5.60. The number of alkyl carbamates (subject to hydrolysis) is 1. The maximum Gasteiger partial charge on any atom is 0.407 e. The predicted molar refractivity (Wildman–Crippen MR) is 121 cm³/mol. The minimum Gasteiger partial charge on any atom is -0.480 e. The number of ether oxygens (including phenoxy) is 1. The van der Waals surface area contributed by atoms with Crippen LogP contribution < -0.4 is 10.6 Å². The van der Waals surface area contributed by atoms with E-state index >= 15 is 0 Å². The molecule has 0 aromatic heterocycles. The molecule has 0 aliphatic heterocycles. The summed E-state index contributed by atoms with van der Waals surface area (Å²) in [6.07, 6.45) is 0.105. The number of carboxylic acid groups (broad SMARTS) is 1. The smallest absolute Gasteiger partial charge is 0.407 e. The molecule has 3 rings (SSSR count). The molecule has 7 nitrogen and oxygen atoms in total.